The molecule has 3 heteroatoms. The molecule has 2 atom stereocenters. The fraction of sp³-hybridized carbons (Fsp3) is 1.00. The Morgan fingerprint density at radius 2 is 2.00 bits per heavy atom. The molecule has 0 aromatic heterocycles. The predicted octanol–water partition coefficient (Wildman–Crippen LogP) is 1.57. The summed E-state index contributed by atoms with van der Waals surface area (Å²) in [5.74, 6) is 0.815. The number of morpholine rings is 1. The Bertz CT molecular complexity index is 208. The zero-order valence-electron chi connectivity index (χ0n) is 10.1. The summed E-state index contributed by atoms with van der Waals surface area (Å²) in [4.78, 5) is 0. The highest BCUT2D eigenvalue weighted by Gasteiger charge is 2.35. The van der Waals surface area contributed by atoms with Gasteiger partial charge in [0.25, 0.3) is 0 Å². The van der Waals surface area contributed by atoms with Crippen LogP contribution < -0.4 is 5.32 Å². The van der Waals surface area contributed by atoms with Gasteiger partial charge in [-0.3, -0.25) is 0 Å². The molecular formula is C12H23NO2. The van der Waals surface area contributed by atoms with E-state index >= 15 is 0 Å². The summed E-state index contributed by atoms with van der Waals surface area (Å²) in [6.07, 6.45) is 3.37. The summed E-state index contributed by atoms with van der Waals surface area (Å²) in [6.45, 7) is 8.92. The maximum Gasteiger partial charge on any atom is 0.0937 e. The topological polar surface area (TPSA) is 30.5 Å². The smallest absolute Gasteiger partial charge is 0.0937 e. The van der Waals surface area contributed by atoms with E-state index in [2.05, 4.69) is 26.1 Å². The Hall–Kier alpha value is -0.120. The predicted molar refractivity (Wildman–Crippen MR) is 60.0 cm³/mol. The van der Waals surface area contributed by atoms with Gasteiger partial charge >= 0.3 is 0 Å². The number of ether oxygens (including phenoxy) is 2. The number of rotatable bonds is 3. The van der Waals surface area contributed by atoms with E-state index in [1.807, 2.05) is 0 Å². The zero-order chi connectivity index (χ0) is 10.9. The minimum atomic E-state index is -0.0596. The summed E-state index contributed by atoms with van der Waals surface area (Å²) in [5.41, 5.74) is -0.0596. The second-order valence-corrected chi connectivity index (χ2v) is 5.72. The van der Waals surface area contributed by atoms with Crippen LogP contribution in [0.4, 0.5) is 0 Å². The third-order valence-corrected chi connectivity index (χ3v) is 2.93. The maximum atomic E-state index is 6.02. The van der Waals surface area contributed by atoms with Gasteiger partial charge < -0.3 is 14.8 Å². The zero-order valence-corrected chi connectivity index (χ0v) is 10.1. The molecule has 1 saturated heterocycles. The Morgan fingerprint density at radius 3 is 2.60 bits per heavy atom. The van der Waals surface area contributed by atoms with Crippen molar-refractivity contribution in [2.24, 2.45) is 5.92 Å². The van der Waals surface area contributed by atoms with E-state index in [-0.39, 0.29) is 11.7 Å². The van der Waals surface area contributed by atoms with Crippen LogP contribution in [0.1, 0.15) is 33.6 Å². The van der Waals surface area contributed by atoms with Crippen LogP contribution in [-0.2, 0) is 9.47 Å². The van der Waals surface area contributed by atoms with Crippen LogP contribution in [0.3, 0.4) is 0 Å². The first kappa shape index (κ1) is 11.4. The summed E-state index contributed by atoms with van der Waals surface area (Å²) in [6, 6.07) is 0. The van der Waals surface area contributed by atoms with Gasteiger partial charge in [0.2, 0.25) is 0 Å². The Kier molecular flexibility index (Phi) is 3.33. The molecule has 15 heavy (non-hydrogen) atoms. The number of hydrogen-bond donors (Lipinski definition) is 1. The van der Waals surface area contributed by atoms with E-state index in [9.17, 15) is 0 Å². The molecule has 0 aromatic carbocycles. The highest BCUT2D eigenvalue weighted by molar-refractivity contribution is 4.87. The fourth-order valence-corrected chi connectivity index (χ4v) is 1.92. The van der Waals surface area contributed by atoms with Crippen molar-refractivity contribution in [1.82, 2.24) is 5.32 Å². The van der Waals surface area contributed by atoms with Crippen molar-refractivity contribution in [1.29, 1.82) is 0 Å². The van der Waals surface area contributed by atoms with Crippen molar-refractivity contribution in [3.63, 3.8) is 0 Å². The largest absolute Gasteiger partial charge is 0.373 e. The van der Waals surface area contributed by atoms with E-state index in [4.69, 9.17) is 9.47 Å². The summed E-state index contributed by atoms with van der Waals surface area (Å²) < 4.78 is 11.8. The van der Waals surface area contributed by atoms with Crippen LogP contribution in [-0.4, -0.2) is 37.5 Å². The Labute approximate surface area is 92.5 Å². The van der Waals surface area contributed by atoms with Crippen molar-refractivity contribution in [2.75, 3.05) is 19.7 Å². The third-order valence-electron chi connectivity index (χ3n) is 2.93. The molecule has 0 amide bonds. The standard InChI is InChI=1S/C12H23NO2/c1-12(2,3)14-8-10-6-13-7-11(15-10)9-4-5-9/h9-11,13H,4-8H2,1-3H3. The second kappa shape index (κ2) is 4.40. The summed E-state index contributed by atoms with van der Waals surface area (Å²) in [7, 11) is 0. The van der Waals surface area contributed by atoms with E-state index in [1.54, 1.807) is 0 Å². The lowest BCUT2D eigenvalue weighted by molar-refractivity contribution is -0.112. The minimum absolute atomic E-state index is 0.0596. The molecule has 0 aromatic rings. The van der Waals surface area contributed by atoms with Crippen LogP contribution in [0.5, 0.6) is 0 Å². The average molecular weight is 213 g/mol. The molecule has 3 nitrogen and oxygen atoms in total. The molecule has 1 heterocycles. The van der Waals surface area contributed by atoms with E-state index in [0.717, 1.165) is 19.0 Å². The quantitative estimate of drug-likeness (QED) is 0.772. The molecule has 2 unspecified atom stereocenters. The fourth-order valence-electron chi connectivity index (χ4n) is 1.92. The Morgan fingerprint density at radius 1 is 1.27 bits per heavy atom. The van der Waals surface area contributed by atoms with Crippen LogP contribution in [0, 0.1) is 5.92 Å². The van der Waals surface area contributed by atoms with Crippen LogP contribution in [0.2, 0.25) is 0 Å². The SMILES string of the molecule is CC(C)(C)OCC1CNCC(C2CC2)O1. The average Bonchev–Trinajstić information content (AvgIpc) is 2.97. The molecule has 88 valence electrons. The Balaban J connectivity index is 1.72. The van der Waals surface area contributed by atoms with Gasteiger partial charge in [-0.25, -0.2) is 0 Å². The normalized spacial score (nSPS) is 33.0. The van der Waals surface area contributed by atoms with Crippen molar-refractivity contribution in [2.45, 2.75) is 51.4 Å². The first-order valence-corrected chi connectivity index (χ1v) is 6.05. The number of hydrogen-bond acceptors (Lipinski definition) is 3. The van der Waals surface area contributed by atoms with Crippen molar-refractivity contribution < 1.29 is 9.47 Å². The molecule has 1 saturated carbocycles. The first-order valence-electron chi connectivity index (χ1n) is 6.05. The molecule has 0 radical (unpaired) electrons. The minimum Gasteiger partial charge on any atom is -0.373 e. The lowest BCUT2D eigenvalue weighted by atomic mass is 10.1. The molecule has 2 rings (SSSR count). The van der Waals surface area contributed by atoms with E-state index in [1.165, 1.54) is 12.8 Å². The summed E-state index contributed by atoms with van der Waals surface area (Å²) >= 11 is 0. The molecule has 1 aliphatic carbocycles. The van der Waals surface area contributed by atoms with Crippen LogP contribution in [0.15, 0.2) is 0 Å². The van der Waals surface area contributed by atoms with Crippen LogP contribution in [0.25, 0.3) is 0 Å². The number of nitrogens with one attached hydrogen (secondary N) is 1. The van der Waals surface area contributed by atoms with Crippen molar-refractivity contribution in [3.8, 4) is 0 Å². The molecule has 1 aliphatic heterocycles. The van der Waals surface area contributed by atoms with Gasteiger partial charge in [0.05, 0.1) is 24.4 Å². The lowest BCUT2D eigenvalue weighted by Gasteiger charge is -2.32. The highest BCUT2D eigenvalue weighted by atomic mass is 16.6. The van der Waals surface area contributed by atoms with Crippen LogP contribution >= 0.6 is 0 Å². The molecule has 2 aliphatic rings. The van der Waals surface area contributed by atoms with Gasteiger partial charge in [-0.05, 0) is 39.5 Å². The monoisotopic (exact) mass is 213 g/mol. The van der Waals surface area contributed by atoms with Gasteiger partial charge in [0.1, 0.15) is 0 Å². The van der Waals surface area contributed by atoms with Crippen molar-refractivity contribution >= 4 is 0 Å². The highest BCUT2D eigenvalue weighted by Crippen LogP contribution is 2.35. The summed E-state index contributed by atoms with van der Waals surface area (Å²) in [5, 5.41) is 3.44. The lowest BCUT2D eigenvalue weighted by Crippen LogP contribution is -2.48. The molecule has 0 bridgehead atoms. The molecule has 2 fully saturated rings. The molecule has 0 spiro atoms. The van der Waals surface area contributed by atoms with E-state index in [0.29, 0.717) is 12.7 Å². The first-order chi connectivity index (χ1) is 7.04. The second-order valence-electron chi connectivity index (χ2n) is 5.72. The van der Waals surface area contributed by atoms with Crippen molar-refractivity contribution in [3.05, 3.63) is 0 Å². The van der Waals surface area contributed by atoms with Gasteiger partial charge in [0.15, 0.2) is 0 Å². The molecule has 1 N–H and O–H groups in total. The van der Waals surface area contributed by atoms with Gasteiger partial charge in [-0.1, -0.05) is 0 Å². The molecular weight excluding hydrogens is 190 g/mol. The van der Waals surface area contributed by atoms with Gasteiger partial charge in [-0.15, -0.1) is 0 Å². The maximum absolute atomic E-state index is 6.02. The third kappa shape index (κ3) is 3.74. The van der Waals surface area contributed by atoms with Gasteiger partial charge in [-0.2, -0.15) is 0 Å². The van der Waals surface area contributed by atoms with Gasteiger partial charge in [0, 0.05) is 13.1 Å². The van der Waals surface area contributed by atoms with E-state index < -0.39 is 0 Å².